The molecule has 0 aromatic heterocycles. The standard InChI is InChI=1S/C19H28N2O4S/c1-20(2)11-5-12-21(17-10-13-26(23,24)15-17)19(22)9-8-16-6-4-7-18(14-16)25-3/h4,6-9,14,17H,5,10-13,15H2,1-3H3/b9-8+. The van der Waals surface area contributed by atoms with Crippen LogP contribution in [0.1, 0.15) is 18.4 Å². The number of hydrogen-bond donors (Lipinski definition) is 0. The Balaban J connectivity index is 2.09. The largest absolute Gasteiger partial charge is 0.497 e. The highest BCUT2D eigenvalue weighted by Gasteiger charge is 2.33. The first-order valence-electron chi connectivity index (χ1n) is 8.78. The summed E-state index contributed by atoms with van der Waals surface area (Å²) in [4.78, 5) is 16.5. The monoisotopic (exact) mass is 380 g/mol. The molecule has 26 heavy (non-hydrogen) atoms. The number of hydrogen-bond acceptors (Lipinski definition) is 5. The number of amides is 1. The summed E-state index contributed by atoms with van der Waals surface area (Å²) < 4.78 is 28.8. The fraction of sp³-hybridized carbons (Fsp3) is 0.526. The van der Waals surface area contributed by atoms with E-state index in [4.69, 9.17) is 4.74 Å². The molecule has 1 fully saturated rings. The van der Waals surface area contributed by atoms with E-state index in [1.165, 1.54) is 6.08 Å². The van der Waals surface area contributed by atoms with Crippen LogP contribution in [0.15, 0.2) is 30.3 Å². The molecule has 2 rings (SSSR count). The van der Waals surface area contributed by atoms with Crippen LogP contribution in [0, 0.1) is 0 Å². The zero-order chi connectivity index (χ0) is 19.2. The van der Waals surface area contributed by atoms with Crippen molar-refractivity contribution in [1.82, 2.24) is 9.80 Å². The molecule has 1 aromatic rings. The van der Waals surface area contributed by atoms with Gasteiger partial charge in [-0.05, 0) is 57.3 Å². The van der Waals surface area contributed by atoms with Gasteiger partial charge in [0.25, 0.3) is 0 Å². The van der Waals surface area contributed by atoms with Crippen LogP contribution in [0.25, 0.3) is 6.08 Å². The number of sulfone groups is 1. The van der Waals surface area contributed by atoms with Gasteiger partial charge in [-0.3, -0.25) is 4.79 Å². The molecule has 1 saturated heterocycles. The number of ether oxygens (including phenoxy) is 1. The summed E-state index contributed by atoms with van der Waals surface area (Å²) in [5, 5.41) is 0. The Morgan fingerprint density at radius 2 is 2.08 bits per heavy atom. The third-order valence-corrected chi connectivity index (χ3v) is 6.20. The van der Waals surface area contributed by atoms with Crippen molar-refractivity contribution in [2.45, 2.75) is 18.9 Å². The lowest BCUT2D eigenvalue weighted by atomic mass is 10.1. The van der Waals surface area contributed by atoms with Gasteiger partial charge in [-0.1, -0.05) is 12.1 Å². The molecule has 0 N–H and O–H groups in total. The fourth-order valence-corrected chi connectivity index (χ4v) is 4.79. The molecule has 0 saturated carbocycles. The number of carbonyl (C=O) groups excluding carboxylic acids is 1. The van der Waals surface area contributed by atoms with E-state index in [0.717, 1.165) is 24.3 Å². The molecule has 1 unspecified atom stereocenters. The van der Waals surface area contributed by atoms with Gasteiger partial charge in [0.2, 0.25) is 5.91 Å². The Hall–Kier alpha value is -1.86. The first-order valence-corrected chi connectivity index (χ1v) is 10.6. The lowest BCUT2D eigenvalue weighted by Crippen LogP contribution is -2.41. The molecule has 0 bridgehead atoms. The maximum atomic E-state index is 12.7. The van der Waals surface area contributed by atoms with E-state index in [-0.39, 0.29) is 23.5 Å². The van der Waals surface area contributed by atoms with E-state index in [1.807, 2.05) is 38.4 Å². The molecule has 144 valence electrons. The van der Waals surface area contributed by atoms with Crippen LogP contribution in [0.2, 0.25) is 0 Å². The second kappa shape index (κ2) is 9.19. The molecule has 1 aromatic carbocycles. The van der Waals surface area contributed by atoms with E-state index in [0.29, 0.717) is 13.0 Å². The molecule has 7 heteroatoms. The minimum absolute atomic E-state index is 0.0632. The number of carbonyl (C=O) groups is 1. The smallest absolute Gasteiger partial charge is 0.246 e. The minimum atomic E-state index is -3.04. The molecule has 6 nitrogen and oxygen atoms in total. The van der Waals surface area contributed by atoms with E-state index >= 15 is 0 Å². The number of rotatable bonds is 8. The summed E-state index contributed by atoms with van der Waals surface area (Å²) in [6.07, 6.45) is 4.59. The highest BCUT2D eigenvalue weighted by atomic mass is 32.2. The first-order chi connectivity index (χ1) is 12.3. The van der Waals surface area contributed by atoms with Gasteiger partial charge in [0.05, 0.1) is 18.6 Å². The molecule has 1 heterocycles. The lowest BCUT2D eigenvalue weighted by Gasteiger charge is -2.27. The third-order valence-electron chi connectivity index (χ3n) is 4.45. The molecule has 1 atom stereocenters. The molecular weight excluding hydrogens is 352 g/mol. The summed E-state index contributed by atoms with van der Waals surface area (Å²) in [7, 11) is 2.52. The van der Waals surface area contributed by atoms with Gasteiger partial charge in [-0.15, -0.1) is 0 Å². The second-order valence-corrected chi connectivity index (χ2v) is 9.08. The summed E-state index contributed by atoms with van der Waals surface area (Å²) in [6.45, 7) is 1.41. The summed E-state index contributed by atoms with van der Waals surface area (Å²) in [5.74, 6) is 0.806. The van der Waals surface area contributed by atoms with Crippen molar-refractivity contribution in [1.29, 1.82) is 0 Å². The van der Waals surface area contributed by atoms with Crippen LogP contribution in [0.3, 0.4) is 0 Å². The van der Waals surface area contributed by atoms with Gasteiger partial charge in [0.1, 0.15) is 5.75 Å². The Labute approximate surface area is 156 Å². The van der Waals surface area contributed by atoms with Gasteiger partial charge >= 0.3 is 0 Å². The Bertz CT molecular complexity index is 744. The van der Waals surface area contributed by atoms with Crippen molar-refractivity contribution in [2.24, 2.45) is 0 Å². The van der Waals surface area contributed by atoms with E-state index in [1.54, 1.807) is 18.1 Å². The van der Waals surface area contributed by atoms with Crippen LogP contribution in [0.5, 0.6) is 5.75 Å². The summed E-state index contributed by atoms with van der Waals surface area (Å²) in [6, 6.07) is 7.21. The number of methoxy groups -OCH3 is 1. The SMILES string of the molecule is COc1cccc(/C=C/C(=O)N(CCCN(C)C)C2CCS(=O)(=O)C2)c1. The molecular formula is C19H28N2O4S. The predicted molar refractivity (Wildman–Crippen MR) is 104 cm³/mol. The topological polar surface area (TPSA) is 66.9 Å². The van der Waals surface area contributed by atoms with Crippen molar-refractivity contribution in [2.75, 3.05) is 45.8 Å². The number of nitrogens with zero attached hydrogens (tertiary/aromatic N) is 2. The molecule has 0 spiro atoms. The number of benzene rings is 1. The average molecular weight is 381 g/mol. The van der Waals surface area contributed by atoms with E-state index in [9.17, 15) is 13.2 Å². The molecule has 0 aliphatic carbocycles. The quantitative estimate of drug-likeness (QED) is 0.642. The fourth-order valence-electron chi connectivity index (χ4n) is 3.06. The lowest BCUT2D eigenvalue weighted by molar-refractivity contribution is -0.127. The predicted octanol–water partition coefficient (Wildman–Crippen LogP) is 1.68. The van der Waals surface area contributed by atoms with Gasteiger partial charge in [-0.25, -0.2) is 8.42 Å². The van der Waals surface area contributed by atoms with Crippen molar-refractivity contribution >= 4 is 21.8 Å². The highest BCUT2D eigenvalue weighted by Crippen LogP contribution is 2.19. The minimum Gasteiger partial charge on any atom is -0.497 e. The summed E-state index contributed by atoms with van der Waals surface area (Å²) in [5.41, 5.74) is 0.866. The molecule has 1 aliphatic rings. The van der Waals surface area contributed by atoms with Crippen molar-refractivity contribution in [3.05, 3.63) is 35.9 Å². The highest BCUT2D eigenvalue weighted by molar-refractivity contribution is 7.91. The van der Waals surface area contributed by atoms with Gasteiger partial charge in [0, 0.05) is 18.7 Å². The van der Waals surface area contributed by atoms with Crippen LogP contribution in [0.4, 0.5) is 0 Å². The van der Waals surface area contributed by atoms with E-state index in [2.05, 4.69) is 4.90 Å². The Morgan fingerprint density at radius 1 is 1.31 bits per heavy atom. The molecule has 0 radical (unpaired) electrons. The van der Waals surface area contributed by atoms with Crippen molar-refractivity contribution < 1.29 is 17.9 Å². The van der Waals surface area contributed by atoms with Crippen LogP contribution in [-0.2, 0) is 14.6 Å². The maximum absolute atomic E-state index is 12.7. The second-order valence-electron chi connectivity index (χ2n) is 6.86. The maximum Gasteiger partial charge on any atom is 0.246 e. The van der Waals surface area contributed by atoms with Gasteiger partial charge < -0.3 is 14.5 Å². The summed E-state index contributed by atoms with van der Waals surface area (Å²) >= 11 is 0. The van der Waals surface area contributed by atoms with Crippen molar-refractivity contribution in [3.8, 4) is 5.75 Å². The van der Waals surface area contributed by atoms with Crippen LogP contribution < -0.4 is 4.74 Å². The van der Waals surface area contributed by atoms with Crippen LogP contribution >= 0.6 is 0 Å². The zero-order valence-corrected chi connectivity index (χ0v) is 16.5. The molecule has 1 aliphatic heterocycles. The molecule has 1 amide bonds. The third kappa shape index (κ3) is 6.14. The van der Waals surface area contributed by atoms with Crippen molar-refractivity contribution in [3.63, 3.8) is 0 Å². The van der Waals surface area contributed by atoms with E-state index < -0.39 is 9.84 Å². The first kappa shape index (κ1) is 20.5. The van der Waals surface area contributed by atoms with Gasteiger partial charge in [-0.2, -0.15) is 0 Å². The Morgan fingerprint density at radius 3 is 2.69 bits per heavy atom. The van der Waals surface area contributed by atoms with Crippen LogP contribution in [-0.4, -0.2) is 76.0 Å². The van der Waals surface area contributed by atoms with Gasteiger partial charge in [0.15, 0.2) is 9.84 Å². The Kier molecular flexibility index (Phi) is 7.23. The zero-order valence-electron chi connectivity index (χ0n) is 15.7. The average Bonchev–Trinajstić information content (AvgIpc) is 2.96. The normalized spacial score (nSPS) is 19.2.